The van der Waals surface area contributed by atoms with Crippen molar-refractivity contribution in [1.82, 2.24) is 4.98 Å². The van der Waals surface area contributed by atoms with Crippen LogP contribution in [0.15, 0.2) is 84.9 Å². The summed E-state index contributed by atoms with van der Waals surface area (Å²) in [6.07, 6.45) is 11.2. The third kappa shape index (κ3) is 4.17. The predicted molar refractivity (Wildman–Crippen MR) is 138 cm³/mol. The molecule has 2 amide bonds. The highest BCUT2D eigenvalue weighted by atomic mass is 16.6. The minimum atomic E-state index is -0.531. The Hall–Kier alpha value is -4.39. The standard InChI is InChI=1S/C28H26N4O3/c1-18-17-31(28(34)35-27-16-30-15-21-8-6-7-10-23(21)27)26-14-20(12-13-25(26)32(18)19(2)33)22-9-4-3-5-11-24(22)29/h3-10,12-16,18H,11,17,29H2,1-2H3. The third-order valence-corrected chi connectivity index (χ3v) is 6.31. The molecule has 7 nitrogen and oxygen atoms in total. The molecule has 0 bridgehead atoms. The summed E-state index contributed by atoms with van der Waals surface area (Å²) in [6.45, 7) is 3.74. The number of anilines is 2. The molecule has 2 aliphatic rings. The van der Waals surface area contributed by atoms with Gasteiger partial charge >= 0.3 is 6.09 Å². The van der Waals surface area contributed by atoms with Gasteiger partial charge in [-0.25, -0.2) is 4.79 Å². The molecule has 7 heteroatoms. The number of nitrogens with zero attached hydrogens (tertiary/aromatic N) is 3. The molecule has 1 aromatic heterocycles. The molecule has 1 aliphatic carbocycles. The number of aromatic nitrogens is 1. The molecule has 1 atom stereocenters. The molecule has 5 rings (SSSR count). The molecule has 176 valence electrons. The summed E-state index contributed by atoms with van der Waals surface area (Å²) in [5.74, 6) is 0.298. The largest absolute Gasteiger partial charge is 0.419 e. The van der Waals surface area contributed by atoms with E-state index in [9.17, 15) is 9.59 Å². The van der Waals surface area contributed by atoms with E-state index in [1.165, 1.54) is 6.92 Å². The van der Waals surface area contributed by atoms with E-state index in [4.69, 9.17) is 10.5 Å². The van der Waals surface area contributed by atoms with Gasteiger partial charge in [-0.15, -0.1) is 0 Å². The van der Waals surface area contributed by atoms with Crippen molar-refractivity contribution in [3.05, 3.63) is 90.4 Å². The molecule has 2 N–H and O–H groups in total. The third-order valence-electron chi connectivity index (χ3n) is 6.31. The lowest BCUT2D eigenvalue weighted by Crippen LogP contribution is -2.52. The Kier molecular flexibility index (Phi) is 5.82. The van der Waals surface area contributed by atoms with Gasteiger partial charge in [0.2, 0.25) is 5.91 Å². The first kappa shape index (κ1) is 22.4. The van der Waals surface area contributed by atoms with Crippen LogP contribution >= 0.6 is 0 Å². The van der Waals surface area contributed by atoms with E-state index in [2.05, 4.69) is 4.98 Å². The minimum Gasteiger partial charge on any atom is -0.408 e. The molecule has 3 aromatic rings. The smallest absolute Gasteiger partial charge is 0.408 e. The van der Waals surface area contributed by atoms with Crippen molar-refractivity contribution in [3.8, 4) is 5.75 Å². The molecule has 0 spiro atoms. The molecule has 1 unspecified atom stereocenters. The maximum absolute atomic E-state index is 13.5. The summed E-state index contributed by atoms with van der Waals surface area (Å²) >= 11 is 0. The zero-order chi connectivity index (χ0) is 24.5. The Bertz CT molecular complexity index is 1420. The van der Waals surface area contributed by atoms with Crippen LogP contribution in [-0.4, -0.2) is 29.6 Å². The quantitative estimate of drug-likeness (QED) is 0.562. The molecule has 0 saturated heterocycles. The van der Waals surface area contributed by atoms with Gasteiger partial charge in [-0.3, -0.25) is 14.7 Å². The summed E-state index contributed by atoms with van der Waals surface area (Å²) in [5, 5.41) is 1.68. The fraction of sp³-hybridized carbons (Fsp3) is 0.179. The maximum atomic E-state index is 13.5. The van der Waals surface area contributed by atoms with Crippen molar-refractivity contribution in [2.75, 3.05) is 16.3 Å². The van der Waals surface area contributed by atoms with Crippen molar-refractivity contribution in [1.29, 1.82) is 0 Å². The molecule has 1 aliphatic heterocycles. The number of hydrogen-bond donors (Lipinski definition) is 1. The lowest BCUT2D eigenvalue weighted by atomic mass is 9.98. The number of pyridine rings is 1. The topological polar surface area (TPSA) is 88.8 Å². The van der Waals surface area contributed by atoms with E-state index in [-0.39, 0.29) is 11.9 Å². The van der Waals surface area contributed by atoms with Crippen molar-refractivity contribution >= 4 is 39.7 Å². The minimum absolute atomic E-state index is 0.0879. The first-order valence-electron chi connectivity index (χ1n) is 11.5. The summed E-state index contributed by atoms with van der Waals surface area (Å²) in [6, 6.07) is 13.1. The van der Waals surface area contributed by atoms with Crippen molar-refractivity contribution in [2.45, 2.75) is 26.3 Å². The van der Waals surface area contributed by atoms with Crippen LogP contribution in [0.5, 0.6) is 5.75 Å². The molecule has 0 saturated carbocycles. The van der Waals surface area contributed by atoms with Crippen molar-refractivity contribution < 1.29 is 14.3 Å². The Morgan fingerprint density at radius 3 is 2.74 bits per heavy atom. The summed E-state index contributed by atoms with van der Waals surface area (Å²) < 4.78 is 5.85. The fourth-order valence-electron chi connectivity index (χ4n) is 4.69. The van der Waals surface area contributed by atoms with E-state index < -0.39 is 6.09 Å². The van der Waals surface area contributed by atoms with Gasteiger partial charge in [-0.1, -0.05) is 54.6 Å². The Morgan fingerprint density at radius 2 is 1.91 bits per heavy atom. The Labute approximate surface area is 203 Å². The number of rotatable bonds is 2. The normalized spacial score (nSPS) is 17.4. The lowest BCUT2D eigenvalue weighted by Gasteiger charge is -2.40. The van der Waals surface area contributed by atoms with Gasteiger partial charge in [0, 0.05) is 48.1 Å². The average molecular weight is 467 g/mol. The van der Waals surface area contributed by atoms with Gasteiger partial charge in [0.05, 0.1) is 23.6 Å². The van der Waals surface area contributed by atoms with Gasteiger partial charge in [-0.2, -0.15) is 0 Å². The Morgan fingerprint density at radius 1 is 1.09 bits per heavy atom. The molecular formula is C28H26N4O3. The van der Waals surface area contributed by atoms with E-state index in [0.717, 1.165) is 27.6 Å². The van der Waals surface area contributed by atoms with Crippen LogP contribution in [0.1, 0.15) is 25.8 Å². The summed E-state index contributed by atoms with van der Waals surface area (Å²) in [7, 11) is 0. The number of fused-ring (bicyclic) bond motifs is 2. The first-order valence-corrected chi connectivity index (χ1v) is 11.5. The first-order chi connectivity index (χ1) is 16.9. The van der Waals surface area contributed by atoms with Crippen molar-refractivity contribution in [2.24, 2.45) is 5.73 Å². The number of amides is 2. The number of carbonyl (C=O) groups excluding carboxylic acids is 2. The number of nitrogens with two attached hydrogens (primary N) is 1. The van der Waals surface area contributed by atoms with Gasteiger partial charge < -0.3 is 15.4 Å². The lowest BCUT2D eigenvalue weighted by molar-refractivity contribution is -0.117. The molecule has 2 aromatic carbocycles. The second-order valence-electron chi connectivity index (χ2n) is 8.71. The van der Waals surface area contributed by atoms with Crippen molar-refractivity contribution in [3.63, 3.8) is 0 Å². The average Bonchev–Trinajstić information content (AvgIpc) is 3.07. The van der Waals surface area contributed by atoms with Crippen LogP contribution in [0.2, 0.25) is 0 Å². The van der Waals surface area contributed by atoms with Gasteiger partial charge in [0.15, 0.2) is 5.75 Å². The molecular weight excluding hydrogens is 440 g/mol. The van der Waals surface area contributed by atoms with E-state index in [1.807, 2.05) is 73.7 Å². The molecule has 2 heterocycles. The number of carbonyl (C=O) groups is 2. The zero-order valence-electron chi connectivity index (χ0n) is 19.6. The van der Waals surface area contributed by atoms with E-state index >= 15 is 0 Å². The monoisotopic (exact) mass is 466 g/mol. The zero-order valence-corrected chi connectivity index (χ0v) is 19.6. The van der Waals surface area contributed by atoms with Gasteiger partial charge in [0.1, 0.15) is 0 Å². The number of allylic oxidation sites excluding steroid dienone is 5. The van der Waals surface area contributed by atoms with E-state index in [1.54, 1.807) is 22.2 Å². The highest BCUT2D eigenvalue weighted by Crippen LogP contribution is 2.39. The predicted octanol–water partition coefficient (Wildman–Crippen LogP) is 5.18. The molecule has 0 fully saturated rings. The number of ether oxygens (including phenoxy) is 1. The number of hydrogen-bond acceptors (Lipinski definition) is 5. The SMILES string of the molecule is CC(=O)N1c2ccc(C3=C(N)CC=CC=C3)cc2N(C(=O)Oc2cncc3ccccc23)CC1C. The summed E-state index contributed by atoms with van der Waals surface area (Å²) in [5.41, 5.74) is 10.1. The number of benzene rings is 2. The van der Waals surface area contributed by atoms with E-state index in [0.29, 0.717) is 30.1 Å². The van der Waals surface area contributed by atoms with Crippen LogP contribution in [0.25, 0.3) is 16.3 Å². The van der Waals surface area contributed by atoms with Crippen LogP contribution in [0.3, 0.4) is 0 Å². The Balaban J connectivity index is 1.57. The van der Waals surface area contributed by atoms with Crippen LogP contribution in [0.4, 0.5) is 16.2 Å². The highest BCUT2D eigenvalue weighted by Gasteiger charge is 2.35. The second kappa shape index (κ2) is 9.10. The second-order valence-corrected chi connectivity index (χ2v) is 8.71. The maximum Gasteiger partial charge on any atom is 0.419 e. The molecule has 0 radical (unpaired) electrons. The van der Waals surface area contributed by atoms with Gasteiger partial charge in [0.25, 0.3) is 0 Å². The van der Waals surface area contributed by atoms with Gasteiger partial charge in [-0.05, 0) is 24.6 Å². The van der Waals surface area contributed by atoms with Crippen LogP contribution in [0, 0.1) is 0 Å². The van der Waals surface area contributed by atoms with Crippen LogP contribution in [-0.2, 0) is 4.79 Å². The highest BCUT2D eigenvalue weighted by molar-refractivity contribution is 6.04. The van der Waals surface area contributed by atoms with Crippen LogP contribution < -0.4 is 20.3 Å². The summed E-state index contributed by atoms with van der Waals surface area (Å²) in [4.78, 5) is 33.5. The fourth-order valence-corrected chi connectivity index (χ4v) is 4.69. The molecule has 35 heavy (non-hydrogen) atoms.